The fourth-order valence-electron chi connectivity index (χ4n) is 2.57. The molecule has 0 saturated heterocycles. The molecule has 1 aromatic heterocycles. The standard InChI is InChI=1S/C18H25F3N3O6PS/c1-2-28-8-4-3-5-9-29-15-7-6-12(10-13(15)18(19,20)21)16-23-24-17(32-16)14(22)11-30-31(25,26)27/h6-7,10,14H,2-5,8-9,11,22H2,1H3,(H2,25,26,27). The van der Waals surface area contributed by atoms with E-state index in [1.54, 1.807) is 0 Å². The Kier molecular flexibility index (Phi) is 10.0. The molecule has 180 valence electrons. The van der Waals surface area contributed by atoms with Crippen LogP contribution in [0.4, 0.5) is 13.2 Å². The van der Waals surface area contributed by atoms with E-state index >= 15 is 0 Å². The number of nitrogens with two attached hydrogens (primary N) is 1. The van der Waals surface area contributed by atoms with Crippen LogP contribution in [-0.4, -0.2) is 46.4 Å². The summed E-state index contributed by atoms with van der Waals surface area (Å²) >= 11 is 0.901. The lowest BCUT2D eigenvalue weighted by molar-refractivity contribution is -0.138. The molecular formula is C18H25F3N3O6PS. The van der Waals surface area contributed by atoms with E-state index in [1.807, 2.05) is 6.92 Å². The Labute approximate surface area is 187 Å². The lowest BCUT2D eigenvalue weighted by atomic mass is 10.1. The van der Waals surface area contributed by atoms with Gasteiger partial charge in [0.25, 0.3) is 0 Å². The van der Waals surface area contributed by atoms with E-state index in [9.17, 15) is 17.7 Å². The molecule has 2 rings (SSSR count). The summed E-state index contributed by atoms with van der Waals surface area (Å²) in [6, 6.07) is 2.59. The quantitative estimate of drug-likeness (QED) is 0.277. The number of nitrogens with zero attached hydrogens (tertiary/aromatic N) is 2. The van der Waals surface area contributed by atoms with Crippen molar-refractivity contribution in [3.8, 4) is 16.3 Å². The molecule has 1 atom stereocenters. The van der Waals surface area contributed by atoms with E-state index in [1.165, 1.54) is 12.1 Å². The zero-order chi connectivity index (χ0) is 23.8. The molecule has 1 heterocycles. The summed E-state index contributed by atoms with van der Waals surface area (Å²) in [5.41, 5.74) is 4.98. The van der Waals surface area contributed by atoms with Crippen molar-refractivity contribution in [1.82, 2.24) is 10.2 Å². The average molecular weight is 499 g/mol. The maximum atomic E-state index is 13.6. The molecule has 0 spiro atoms. The van der Waals surface area contributed by atoms with Gasteiger partial charge in [0, 0.05) is 18.8 Å². The first-order valence-corrected chi connectivity index (χ1v) is 12.1. The molecular weight excluding hydrogens is 474 g/mol. The van der Waals surface area contributed by atoms with Gasteiger partial charge in [0.05, 0.1) is 24.8 Å². The van der Waals surface area contributed by atoms with E-state index in [2.05, 4.69) is 14.7 Å². The SMILES string of the molecule is CCOCCCCCOc1ccc(-c2nnc(C(N)COP(=O)(O)O)s2)cc1C(F)(F)F. The van der Waals surface area contributed by atoms with Crippen LogP contribution < -0.4 is 10.5 Å². The Morgan fingerprint density at radius 1 is 1.19 bits per heavy atom. The minimum atomic E-state index is -4.71. The number of hydrogen-bond donors (Lipinski definition) is 3. The Morgan fingerprint density at radius 3 is 2.56 bits per heavy atom. The molecule has 0 aliphatic rings. The molecule has 2 aromatic rings. The Morgan fingerprint density at radius 2 is 1.91 bits per heavy atom. The van der Waals surface area contributed by atoms with Crippen molar-refractivity contribution in [3.05, 3.63) is 28.8 Å². The number of ether oxygens (including phenoxy) is 2. The van der Waals surface area contributed by atoms with Gasteiger partial charge in [0.15, 0.2) is 0 Å². The van der Waals surface area contributed by atoms with Crippen LogP contribution in [0.15, 0.2) is 18.2 Å². The summed E-state index contributed by atoms with van der Waals surface area (Å²) in [5.74, 6) is -0.275. The molecule has 0 saturated carbocycles. The number of rotatable bonds is 13. The number of benzene rings is 1. The molecule has 4 N–H and O–H groups in total. The molecule has 0 bridgehead atoms. The van der Waals surface area contributed by atoms with E-state index in [-0.39, 0.29) is 27.9 Å². The number of alkyl halides is 3. The third kappa shape index (κ3) is 8.74. The number of phosphoric acid groups is 1. The highest BCUT2D eigenvalue weighted by atomic mass is 32.1. The number of aromatic nitrogens is 2. The molecule has 0 amide bonds. The molecule has 1 aromatic carbocycles. The topological polar surface area (TPSA) is 137 Å². The van der Waals surface area contributed by atoms with Gasteiger partial charge in [0.2, 0.25) is 0 Å². The summed E-state index contributed by atoms with van der Waals surface area (Å²) in [6.45, 7) is 2.75. The molecule has 9 nitrogen and oxygen atoms in total. The normalized spacial score (nSPS) is 13.3. The van der Waals surface area contributed by atoms with Gasteiger partial charge in [0.1, 0.15) is 15.8 Å². The number of unbranched alkanes of at least 4 members (excludes halogenated alkanes) is 2. The molecule has 0 aliphatic heterocycles. The molecule has 1 unspecified atom stereocenters. The van der Waals surface area contributed by atoms with Gasteiger partial charge in [-0.15, -0.1) is 10.2 Å². The fourth-order valence-corrected chi connectivity index (χ4v) is 3.75. The molecule has 0 radical (unpaired) electrons. The van der Waals surface area contributed by atoms with Crippen LogP contribution in [0.25, 0.3) is 10.6 Å². The minimum absolute atomic E-state index is 0.145. The summed E-state index contributed by atoms with van der Waals surface area (Å²) in [7, 11) is -4.71. The highest BCUT2D eigenvalue weighted by molar-refractivity contribution is 7.46. The van der Waals surface area contributed by atoms with E-state index in [0.29, 0.717) is 19.6 Å². The van der Waals surface area contributed by atoms with E-state index in [0.717, 1.165) is 30.2 Å². The van der Waals surface area contributed by atoms with Crippen molar-refractivity contribution in [2.24, 2.45) is 5.73 Å². The second kappa shape index (κ2) is 12.0. The first kappa shape index (κ1) is 26.7. The van der Waals surface area contributed by atoms with Gasteiger partial charge in [-0.2, -0.15) is 13.2 Å². The van der Waals surface area contributed by atoms with Crippen LogP contribution in [0.3, 0.4) is 0 Å². The maximum absolute atomic E-state index is 13.6. The van der Waals surface area contributed by atoms with Crippen molar-refractivity contribution in [1.29, 1.82) is 0 Å². The monoisotopic (exact) mass is 499 g/mol. The fraction of sp³-hybridized carbons (Fsp3) is 0.556. The second-order valence-corrected chi connectivity index (χ2v) is 8.90. The first-order valence-electron chi connectivity index (χ1n) is 9.72. The van der Waals surface area contributed by atoms with Crippen molar-refractivity contribution in [3.63, 3.8) is 0 Å². The van der Waals surface area contributed by atoms with Gasteiger partial charge < -0.3 is 25.0 Å². The van der Waals surface area contributed by atoms with Crippen molar-refractivity contribution < 1.29 is 41.5 Å². The highest BCUT2D eigenvalue weighted by Gasteiger charge is 2.35. The van der Waals surface area contributed by atoms with Crippen molar-refractivity contribution >= 4 is 19.2 Å². The minimum Gasteiger partial charge on any atom is -0.493 e. The molecule has 0 aliphatic carbocycles. The summed E-state index contributed by atoms with van der Waals surface area (Å²) in [6.07, 6.45) is -2.45. The number of phosphoric ester groups is 1. The third-order valence-electron chi connectivity index (χ3n) is 4.11. The second-order valence-electron chi connectivity index (χ2n) is 6.65. The number of halogens is 3. The van der Waals surface area contributed by atoms with Crippen LogP contribution >= 0.6 is 19.2 Å². The van der Waals surface area contributed by atoms with Crippen LogP contribution in [0.5, 0.6) is 5.75 Å². The predicted octanol–water partition coefficient (Wildman–Crippen LogP) is 3.92. The molecule has 14 heteroatoms. The van der Waals surface area contributed by atoms with Gasteiger partial charge in [-0.1, -0.05) is 11.3 Å². The lowest BCUT2D eigenvalue weighted by Crippen LogP contribution is -2.16. The van der Waals surface area contributed by atoms with Gasteiger partial charge in [-0.05, 0) is 44.4 Å². The van der Waals surface area contributed by atoms with Crippen molar-refractivity contribution in [2.45, 2.75) is 38.4 Å². The van der Waals surface area contributed by atoms with Crippen LogP contribution in [-0.2, 0) is 20.0 Å². The number of hydrogen-bond acceptors (Lipinski definition) is 8. The van der Waals surface area contributed by atoms with E-state index < -0.39 is 32.2 Å². The maximum Gasteiger partial charge on any atom is 0.469 e. The van der Waals surface area contributed by atoms with Crippen LogP contribution in [0.2, 0.25) is 0 Å². The molecule has 0 fully saturated rings. The van der Waals surface area contributed by atoms with Crippen LogP contribution in [0, 0.1) is 0 Å². The zero-order valence-corrected chi connectivity index (χ0v) is 19.0. The molecule has 32 heavy (non-hydrogen) atoms. The highest BCUT2D eigenvalue weighted by Crippen LogP contribution is 2.40. The van der Waals surface area contributed by atoms with E-state index in [4.69, 9.17) is 25.0 Å². The lowest BCUT2D eigenvalue weighted by Gasteiger charge is -2.15. The largest absolute Gasteiger partial charge is 0.493 e. The first-order chi connectivity index (χ1) is 15.0. The average Bonchev–Trinajstić information content (AvgIpc) is 3.20. The van der Waals surface area contributed by atoms with Crippen molar-refractivity contribution in [2.75, 3.05) is 26.4 Å². The summed E-state index contributed by atoms with van der Waals surface area (Å²) in [4.78, 5) is 17.5. The summed E-state index contributed by atoms with van der Waals surface area (Å²) < 4.78 is 66.4. The van der Waals surface area contributed by atoms with Gasteiger partial charge in [-0.3, -0.25) is 4.52 Å². The Hall–Kier alpha value is -1.60. The Bertz CT molecular complexity index is 908. The predicted molar refractivity (Wildman–Crippen MR) is 111 cm³/mol. The van der Waals surface area contributed by atoms with Gasteiger partial charge in [-0.25, -0.2) is 4.57 Å². The smallest absolute Gasteiger partial charge is 0.469 e. The summed E-state index contributed by atoms with van der Waals surface area (Å²) in [5, 5.41) is 7.95. The zero-order valence-electron chi connectivity index (χ0n) is 17.2. The van der Waals surface area contributed by atoms with Crippen LogP contribution in [0.1, 0.15) is 42.8 Å². The van der Waals surface area contributed by atoms with Gasteiger partial charge >= 0.3 is 14.0 Å². The Balaban J connectivity index is 2.07. The third-order valence-corrected chi connectivity index (χ3v) is 5.70.